The highest BCUT2D eigenvalue weighted by molar-refractivity contribution is 5.17. The Morgan fingerprint density at radius 2 is 2.15 bits per heavy atom. The lowest BCUT2D eigenvalue weighted by molar-refractivity contribution is 0.0172. The lowest BCUT2D eigenvalue weighted by atomic mass is 9.91. The van der Waals surface area contributed by atoms with Crippen molar-refractivity contribution >= 4 is 0 Å². The van der Waals surface area contributed by atoms with Gasteiger partial charge in [-0.1, -0.05) is 6.07 Å². The Morgan fingerprint density at radius 3 is 2.70 bits per heavy atom. The predicted octanol–water partition coefficient (Wildman–Crippen LogP) is 1.05. The second-order valence-corrected chi connectivity index (χ2v) is 5.30. The van der Waals surface area contributed by atoms with E-state index in [9.17, 15) is 5.11 Å². The molecule has 1 aromatic rings. The molecule has 1 aromatic heterocycles. The van der Waals surface area contributed by atoms with E-state index < -0.39 is 6.10 Å². The van der Waals surface area contributed by atoms with Gasteiger partial charge in [0.2, 0.25) is 5.88 Å². The largest absolute Gasteiger partial charge is 0.478 e. The molecular weight excluding hydrogens is 256 g/mol. The molecule has 1 aliphatic heterocycles. The van der Waals surface area contributed by atoms with Crippen LogP contribution in [0.25, 0.3) is 0 Å². The lowest BCUT2D eigenvalue weighted by Gasteiger charge is -2.33. The molecule has 0 amide bonds. The highest BCUT2D eigenvalue weighted by Crippen LogP contribution is 2.22. The van der Waals surface area contributed by atoms with Crippen LogP contribution in [0.4, 0.5) is 0 Å². The number of aromatic nitrogens is 1. The van der Waals surface area contributed by atoms with Crippen LogP contribution >= 0.6 is 0 Å². The molecule has 112 valence electrons. The zero-order valence-corrected chi connectivity index (χ0v) is 12.0. The van der Waals surface area contributed by atoms with Crippen LogP contribution in [0.1, 0.15) is 25.3 Å². The molecule has 2 heterocycles. The van der Waals surface area contributed by atoms with Crippen LogP contribution in [0.2, 0.25) is 0 Å². The zero-order valence-electron chi connectivity index (χ0n) is 12.0. The molecule has 0 radical (unpaired) electrons. The van der Waals surface area contributed by atoms with Crippen LogP contribution in [-0.2, 0) is 6.54 Å². The summed E-state index contributed by atoms with van der Waals surface area (Å²) in [5, 5.41) is 18.6. The van der Waals surface area contributed by atoms with Crippen molar-refractivity contribution in [1.82, 2.24) is 9.88 Å². The fourth-order valence-corrected chi connectivity index (χ4v) is 2.64. The van der Waals surface area contributed by atoms with Crippen LogP contribution in [0.3, 0.4) is 0 Å². The van der Waals surface area contributed by atoms with Gasteiger partial charge < -0.3 is 14.9 Å². The minimum Gasteiger partial charge on any atom is -0.478 e. The number of rotatable bonds is 6. The van der Waals surface area contributed by atoms with Crippen LogP contribution < -0.4 is 4.74 Å². The van der Waals surface area contributed by atoms with Crippen molar-refractivity contribution < 1.29 is 14.9 Å². The fraction of sp³-hybridized carbons (Fsp3) is 0.667. The maximum atomic E-state index is 9.65. The Labute approximate surface area is 120 Å². The molecule has 5 nitrogen and oxygen atoms in total. The molecule has 0 saturated carbocycles. The summed E-state index contributed by atoms with van der Waals surface area (Å²) in [6.45, 7) is 5.23. The lowest BCUT2D eigenvalue weighted by Crippen LogP contribution is -2.38. The highest BCUT2D eigenvalue weighted by atomic mass is 16.5. The number of hydrogen-bond donors (Lipinski definition) is 2. The number of likely N-dealkylation sites (tertiary alicyclic amines) is 1. The van der Waals surface area contributed by atoms with Crippen molar-refractivity contribution in [1.29, 1.82) is 0 Å². The first-order valence-electron chi connectivity index (χ1n) is 7.32. The van der Waals surface area contributed by atoms with Gasteiger partial charge >= 0.3 is 0 Å². The Balaban J connectivity index is 1.80. The first kappa shape index (κ1) is 15.2. The van der Waals surface area contributed by atoms with Crippen molar-refractivity contribution in [3.63, 3.8) is 0 Å². The molecule has 2 rings (SSSR count). The first-order chi connectivity index (χ1) is 9.72. The van der Waals surface area contributed by atoms with Gasteiger partial charge in [0.05, 0.1) is 19.3 Å². The molecule has 1 unspecified atom stereocenters. The monoisotopic (exact) mass is 280 g/mol. The summed E-state index contributed by atoms with van der Waals surface area (Å²) in [4.78, 5) is 6.63. The van der Waals surface area contributed by atoms with E-state index >= 15 is 0 Å². The van der Waals surface area contributed by atoms with Gasteiger partial charge in [-0.3, -0.25) is 4.90 Å². The summed E-state index contributed by atoms with van der Waals surface area (Å²) in [5.41, 5.74) is 1.18. The Hall–Kier alpha value is -1.17. The minimum absolute atomic E-state index is 0.131. The number of aliphatic hydroxyl groups is 2. The summed E-state index contributed by atoms with van der Waals surface area (Å²) in [5.74, 6) is 0.899. The van der Waals surface area contributed by atoms with Gasteiger partial charge in [-0.05, 0) is 44.3 Å². The molecule has 1 fully saturated rings. The van der Waals surface area contributed by atoms with Crippen LogP contribution in [0.15, 0.2) is 18.3 Å². The fourth-order valence-electron chi connectivity index (χ4n) is 2.64. The molecule has 0 aliphatic carbocycles. The third-order valence-corrected chi connectivity index (χ3v) is 3.86. The van der Waals surface area contributed by atoms with E-state index in [1.165, 1.54) is 5.56 Å². The molecule has 1 saturated heterocycles. The van der Waals surface area contributed by atoms with Gasteiger partial charge in [0.1, 0.15) is 0 Å². The number of pyridine rings is 1. The van der Waals surface area contributed by atoms with Gasteiger partial charge in [0.15, 0.2) is 0 Å². The number of piperidine rings is 1. The summed E-state index contributed by atoms with van der Waals surface area (Å²) in [6.07, 6.45) is 3.17. The van der Waals surface area contributed by atoms with Gasteiger partial charge in [0.25, 0.3) is 0 Å². The predicted molar refractivity (Wildman–Crippen MR) is 76.5 cm³/mol. The number of aliphatic hydroxyl groups excluding tert-OH is 2. The maximum Gasteiger partial charge on any atom is 0.213 e. The van der Waals surface area contributed by atoms with Gasteiger partial charge in [0, 0.05) is 18.8 Å². The van der Waals surface area contributed by atoms with Crippen LogP contribution in [-0.4, -0.2) is 52.5 Å². The summed E-state index contributed by atoms with van der Waals surface area (Å²) in [6, 6.07) is 3.95. The highest BCUT2D eigenvalue weighted by Gasteiger charge is 2.24. The Morgan fingerprint density at radius 1 is 1.40 bits per heavy atom. The summed E-state index contributed by atoms with van der Waals surface area (Å²) < 4.78 is 5.33. The molecule has 0 aromatic carbocycles. The van der Waals surface area contributed by atoms with Crippen molar-refractivity contribution in [2.75, 3.05) is 26.3 Å². The van der Waals surface area contributed by atoms with E-state index in [-0.39, 0.29) is 12.5 Å². The Bertz CT molecular complexity index is 389. The quantitative estimate of drug-likeness (QED) is 0.815. The third kappa shape index (κ3) is 4.16. The number of ether oxygens (including phenoxy) is 1. The number of hydrogen-bond acceptors (Lipinski definition) is 5. The maximum absolute atomic E-state index is 9.65. The van der Waals surface area contributed by atoms with Crippen molar-refractivity contribution in [2.24, 2.45) is 5.92 Å². The van der Waals surface area contributed by atoms with E-state index in [0.717, 1.165) is 32.5 Å². The molecule has 1 aliphatic rings. The smallest absolute Gasteiger partial charge is 0.213 e. The van der Waals surface area contributed by atoms with E-state index in [1.54, 1.807) is 0 Å². The van der Waals surface area contributed by atoms with Crippen LogP contribution in [0.5, 0.6) is 5.88 Å². The average molecular weight is 280 g/mol. The average Bonchev–Trinajstić information content (AvgIpc) is 2.49. The van der Waals surface area contributed by atoms with Crippen molar-refractivity contribution in [3.05, 3.63) is 23.9 Å². The summed E-state index contributed by atoms with van der Waals surface area (Å²) >= 11 is 0. The summed E-state index contributed by atoms with van der Waals surface area (Å²) in [7, 11) is 0. The molecule has 2 N–H and O–H groups in total. The minimum atomic E-state index is -0.565. The number of nitrogens with zero attached hydrogens (tertiary/aromatic N) is 2. The van der Waals surface area contributed by atoms with Crippen molar-refractivity contribution in [3.8, 4) is 5.88 Å². The molecule has 1 atom stereocenters. The third-order valence-electron chi connectivity index (χ3n) is 3.86. The topological polar surface area (TPSA) is 65.8 Å². The van der Waals surface area contributed by atoms with Gasteiger partial charge in [-0.2, -0.15) is 0 Å². The molecule has 20 heavy (non-hydrogen) atoms. The van der Waals surface area contributed by atoms with E-state index in [4.69, 9.17) is 9.84 Å². The Kier molecular flexibility index (Phi) is 5.76. The molecular formula is C15H24N2O3. The standard InChI is InChI=1S/C15H24N2O3/c1-2-20-15-4-3-12(9-16-15)10-17-7-5-13(6-8-17)14(19)11-18/h3-4,9,13-14,18-19H,2,5-8,10-11H2,1H3. The normalized spacial score (nSPS) is 18.9. The van der Waals surface area contributed by atoms with Crippen LogP contribution in [0, 0.1) is 5.92 Å². The van der Waals surface area contributed by atoms with E-state index in [1.807, 2.05) is 25.3 Å². The van der Waals surface area contributed by atoms with E-state index in [0.29, 0.717) is 12.5 Å². The van der Waals surface area contributed by atoms with Crippen molar-refractivity contribution in [2.45, 2.75) is 32.4 Å². The second-order valence-electron chi connectivity index (χ2n) is 5.30. The molecule has 0 bridgehead atoms. The SMILES string of the molecule is CCOc1ccc(CN2CCC(C(O)CO)CC2)cn1. The molecule has 0 spiro atoms. The first-order valence-corrected chi connectivity index (χ1v) is 7.32. The van der Waals surface area contributed by atoms with Gasteiger partial charge in [-0.15, -0.1) is 0 Å². The molecule has 5 heteroatoms. The zero-order chi connectivity index (χ0) is 14.4. The van der Waals surface area contributed by atoms with E-state index in [2.05, 4.69) is 9.88 Å². The second kappa shape index (κ2) is 7.57. The van der Waals surface area contributed by atoms with Gasteiger partial charge in [-0.25, -0.2) is 4.98 Å².